The topological polar surface area (TPSA) is 40.5 Å². The van der Waals surface area contributed by atoms with Gasteiger partial charge in [0.25, 0.3) is 0 Å². The average Bonchev–Trinajstić information content (AvgIpc) is 3.11. The van der Waals surface area contributed by atoms with Crippen LogP contribution in [0.5, 0.6) is 0 Å². The lowest BCUT2D eigenvalue weighted by molar-refractivity contribution is 0.101. The first kappa shape index (κ1) is 16.4. The van der Waals surface area contributed by atoms with E-state index in [1.807, 2.05) is 11.4 Å². The number of carbonyl (C=O) groups is 1. The summed E-state index contributed by atoms with van der Waals surface area (Å²) in [5.41, 5.74) is 1.15. The summed E-state index contributed by atoms with van der Waals surface area (Å²) in [6, 6.07) is 6.29. The average molecular weight is 323 g/mol. The van der Waals surface area contributed by atoms with Gasteiger partial charge in [0.1, 0.15) is 0 Å². The van der Waals surface area contributed by atoms with Gasteiger partial charge in [0.2, 0.25) is 0 Å². The van der Waals surface area contributed by atoms with Gasteiger partial charge >= 0.3 is 0 Å². The lowest BCUT2D eigenvalue weighted by Gasteiger charge is -2.29. The Morgan fingerprint density at radius 2 is 2.19 bits per heavy atom. The zero-order valence-electron chi connectivity index (χ0n) is 12.4. The van der Waals surface area contributed by atoms with Gasteiger partial charge in [-0.05, 0) is 41.8 Å². The summed E-state index contributed by atoms with van der Waals surface area (Å²) in [7, 11) is 0. The van der Waals surface area contributed by atoms with Gasteiger partial charge in [-0.2, -0.15) is 0 Å². The highest BCUT2D eigenvalue weighted by molar-refractivity contribution is 7.12. The van der Waals surface area contributed by atoms with E-state index in [9.17, 15) is 9.90 Å². The standard InChI is InChI=1S/C16H21NO2S2/c1-3-14(10-18)17(9-15-5-4-6-20-15)8-13-7-16(12(2)19)21-11-13/h4-7,11,14,18H,3,8-10H2,1-2H3. The number of Topliss-reactive ketones (excluding diaryl/α,β-unsaturated/α-hetero) is 1. The molecular weight excluding hydrogens is 302 g/mol. The predicted molar refractivity (Wildman–Crippen MR) is 89.1 cm³/mol. The number of nitrogens with zero attached hydrogens (tertiary/aromatic N) is 1. The number of carbonyl (C=O) groups excluding carboxylic acids is 1. The number of hydrogen-bond donors (Lipinski definition) is 1. The van der Waals surface area contributed by atoms with Crippen molar-refractivity contribution in [1.29, 1.82) is 0 Å². The molecule has 2 aromatic heterocycles. The van der Waals surface area contributed by atoms with Gasteiger partial charge in [0.15, 0.2) is 5.78 Å². The minimum atomic E-state index is 0.116. The molecule has 1 atom stereocenters. The molecule has 0 aliphatic heterocycles. The Hall–Kier alpha value is -1.01. The molecule has 0 aromatic carbocycles. The molecule has 0 fully saturated rings. The van der Waals surface area contributed by atoms with Crippen molar-refractivity contribution in [2.75, 3.05) is 6.61 Å². The van der Waals surface area contributed by atoms with Crippen LogP contribution >= 0.6 is 22.7 Å². The normalized spacial score (nSPS) is 12.8. The highest BCUT2D eigenvalue weighted by Crippen LogP contribution is 2.21. The Balaban J connectivity index is 2.12. The first-order valence-corrected chi connectivity index (χ1v) is 8.85. The van der Waals surface area contributed by atoms with Crippen LogP contribution in [0, 0.1) is 0 Å². The maximum absolute atomic E-state index is 11.4. The quantitative estimate of drug-likeness (QED) is 0.752. The Bertz CT molecular complexity index is 559. The molecule has 0 radical (unpaired) electrons. The number of aliphatic hydroxyl groups excluding tert-OH is 1. The van der Waals surface area contributed by atoms with Crippen LogP contribution in [0.3, 0.4) is 0 Å². The molecule has 1 unspecified atom stereocenters. The Labute approximate surface area is 133 Å². The zero-order valence-corrected chi connectivity index (χ0v) is 14.0. The van der Waals surface area contributed by atoms with Gasteiger partial charge in [0, 0.05) is 24.0 Å². The molecule has 0 amide bonds. The summed E-state index contributed by atoms with van der Waals surface area (Å²) in [5.74, 6) is 0.116. The third kappa shape index (κ3) is 4.48. The van der Waals surface area contributed by atoms with E-state index in [1.54, 1.807) is 18.3 Å². The van der Waals surface area contributed by atoms with Crippen molar-refractivity contribution >= 4 is 28.5 Å². The minimum absolute atomic E-state index is 0.116. The second-order valence-electron chi connectivity index (χ2n) is 5.10. The number of aliphatic hydroxyl groups is 1. The molecule has 0 bridgehead atoms. The van der Waals surface area contributed by atoms with E-state index in [0.717, 1.165) is 30.0 Å². The molecule has 2 heterocycles. The molecule has 0 saturated carbocycles. The fraction of sp³-hybridized carbons (Fsp3) is 0.438. The van der Waals surface area contributed by atoms with Gasteiger partial charge in [-0.15, -0.1) is 22.7 Å². The summed E-state index contributed by atoms with van der Waals surface area (Å²) in [5, 5.41) is 13.7. The van der Waals surface area contributed by atoms with Gasteiger partial charge < -0.3 is 5.11 Å². The van der Waals surface area contributed by atoms with Gasteiger partial charge in [-0.25, -0.2) is 0 Å². The lowest BCUT2D eigenvalue weighted by atomic mass is 10.1. The lowest BCUT2D eigenvalue weighted by Crippen LogP contribution is -2.36. The largest absolute Gasteiger partial charge is 0.395 e. The van der Waals surface area contributed by atoms with Crippen LogP contribution < -0.4 is 0 Å². The van der Waals surface area contributed by atoms with Crippen molar-refractivity contribution < 1.29 is 9.90 Å². The second kappa shape index (κ2) is 7.84. The second-order valence-corrected chi connectivity index (χ2v) is 7.05. The van der Waals surface area contributed by atoms with Gasteiger partial charge in [-0.1, -0.05) is 13.0 Å². The molecule has 3 nitrogen and oxygen atoms in total. The summed E-state index contributed by atoms with van der Waals surface area (Å²) in [6.07, 6.45) is 0.908. The number of hydrogen-bond acceptors (Lipinski definition) is 5. The summed E-state index contributed by atoms with van der Waals surface area (Å²) in [6.45, 7) is 5.45. The number of rotatable bonds is 8. The monoisotopic (exact) mass is 323 g/mol. The SMILES string of the molecule is CCC(CO)N(Cc1csc(C(C)=O)c1)Cc1cccs1. The van der Waals surface area contributed by atoms with Crippen LogP contribution in [0.2, 0.25) is 0 Å². The molecule has 2 rings (SSSR count). The van der Waals surface area contributed by atoms with Crippen LogP contribution in [-0.2, 0) is 13.1 Å². The van der Waals surface area contributed by atoms with E-state index in [2.05, 4.69) is 29.3 Å². The molecular formula is C16H21NO2S2. The fourth-order valence-electron chi connectivity index (χ4n) is 2.30. The molecule has 0 saturated heterocycles. The Kier molecular flexibility index (Phi) is 6.11. The van der Waals surface area contributed by atoms with E-state index < -0.39 is 0 Å². The van der Waals surface area contributed by atoms with E-state index in [1.165, 1.54) is 16.2 Å². The van der Waals surface area contributed by atoms with Crippen molar-refractivity contribution in [1.82, 2.24) is 4.90 Å². The minimum Gasteiger partial charge on any atom is -0.395 e. The molecule has 1 N–H and O–H groups in total. The third-order valence-corrected chi connectivity index (χ3v) is 5.46. The van der Waals surface area contributed by atoms with Crippen LogP contribution in [-0.4, -0.2) is 28.4 Å². The molecule has 0 spiro atoms. The maximum atomic E-state index is 11.4. The van der Waals surface area contributed by atoms with Crippen LogP contribution in [0.4, 0.5) is 0 Å². The van der Waals surface area contributed by atoms with E-state index in [4.69, 9.17) is 0 Å². The van der Waals surface area contributed by atoms with Crippen LogP contribution in [0.1, 0.15) is 40.4 Å². The van der Waals surface area contributed by atoms with Crippen LogP contribution in [0.15, 0.2) is 29.0 Å². The van der Waals surface area contributed by atoms with Crippen molar-refractivity contribution in [3.05, 3.63) is 44.3 Å². The highest BCUT2D eigenvalue weighted by Gasteiger charge is 2.18. The van der Waals surface area contributed by atoms with E-state index in [-0.39, 0.29) is 18.4 Å². The molecule has 0 aliphatic carbocycles. The molecule has 5 heteroatoms. The van der Waals surface area contributed by atoms with E-state index in [0.29, 0.717) is 0 Å². The maximum Gasteiger partial charge on any atom is 0.169 e. The van der Waals surface area contributed by atoms with Crippen molar-refractivity contribution in [2.24, 2.45) is 0 Å². The Morgan fingerprint density at radius 3 is 2.71 bits per heavy atom. The smallest absolute Gasteiger partial charge is 0.169 e. The first-order chi connectivity index (χ1) is 10.1. The van der Waals surface area contributed by atoms with Crippen molar-refractivity contribution in [2.45, 2.75) is 39.4 Å². The molecule has 2 aromatic rings. The number of thiophene rings is 2. The summed E-state index contributed by atoms with van der Waals surface area (Å²) in [4.78, 5) is 15.8. The number of ketones is 1. The van der Waals surface area contributed by atoms with E-state index >= 15 is 0 Å². The molecule has 0 aliphatic rings. The molecule has 114 valence electrons. The summed E-state index contributed by atoms with van der Waals surface area (Å²) < 4.78 is 0. The molecule has 21 heavy (non-hydrogen) atoms. The van der Waals surface area contributed by atoms with Gasteiger partial charge in [0.05, 0.1) is 11.5 Å². The first-order valence-electron chi connectivity index (χ1n) is 7.09. The third-order valence-electron chi connectivity index (χ3n) is 3.52. The van der Waals surface area contributed by atoms with Gasteiger partial charge in [-0.3, -0.25) is 9.69 Å². The highest BCUT2D eigenvalue weighted by atomic mass is 32.1. The van der Waals surface area contributed by atoms with Crippen molar-refractivity contribution in [3.63, 3.8) is 0 Å². The fourth-order valence-corrected chi connectivity index (χ4v) is 3.83. The predicted octanol–water partition coefficient (Wildman–Crippen LogP) is 3.79. The zero-order chi connectivity index (χ0) is 15.2. The van der Waals surface area contributed by atoms with Crippen LogP contribution in [0.25, 0.3) is 0 Å². The Morgan fingerprint density at radius 1 is 1.38 bits per heavy atom. The summed E-state index contributed by atoms with van der Waals surface area (Å²) >= 11 is 3.23. The van der Waals surface area contributed by atoms with Crippen molar-refractivity contribution in [3.8, 4) is 0 Å².